The second kappa shape index (κ2) is 7.25. The van der Waals surface area contributed by atoms with Crippen molar-refractivity contribution in [2.75, 3.05) is 13.2 Å². The highest BCUT2D eigenvalue weighted by molar-refractivity contribution is 5.81. The predicted octanol–water partition coefficient (Wildman–Crippen LogP) is 3.77. The van der Waals surface area contributed by atoms with Crippen LogP contribution in [-0.4, -0.2) is 47.3 Å². The van der Waals surface area contributed by atoms with Crippen LogP contribution in [0.15, 0.2) is 53.6 Å². The van der Waals surface area contributed by atoms with Gasteiger partial charge in [0.15, 0.2) is 0 Å². The Morgan fingerprint density at radius 2 is 1.75 bits per heavy atom. The van der Waals surface area contributed by atoms with E-state index in [1.54, 1.807) is 0 Å². The number of azide groups is 1. The van der Waals surface area contributed by atoms with E-state index in [-0.39, 0.29) is 25.5 Å². The van der Waals surface area contributed by atoms with E-state index in [2.05, 4.69) is 10.0 Å². The first-order valence-corrected chi connectivity index (χ1v) is 8.98. The number of hydrogen-bond acceptors (Lipinski definition) is 4. The molecule has 2 aromatic rings. The van der Waals surface area contributed by atoms with Crippen molar-refractivity contribution in [3.63, 3.8) is 0 Å². The molecule has 1 fully saturated rings. The third-order valence-electron chi connectivity index (χ3n) is 5.35. The third-order valence-corrected chi connectivity index (χ3v) is 5.35. The maximum absolute atomic E-state index is 12.6. The van der Waals surface area contributed by atoms with Crippen LogP contribution in [0.5, 0.6) is 0 Å². The van der Waals surface area contributed by atoms with E-state index in [0.717, 1.165) is 27.2 Å². The molecule has 1 aliphatic carbocycles. The fourth-order valence-corrected chi connectivity index (χ4v) is 4.08. The van der Waals surface area contributed by atoms with E-state index < -0.39 is 24.1 Å². The second-order valence-electron chi connectivity index (χ2n) is 6.90. The van der Waals surface area contributed by atoms with E-state index in [1.165, 1.54) is 0 Å². The molecule has 2 atom stereocenters. The molecular formula is C20H18N4O4. The summed E-state index contributed by atoms with van der Waals surface area (Å²) in [6.45, 7) is 0.152. The normalized spacial score (nSPS) is 20.2. The van der Waals surface area contributed by atoms with Gasteiger partial charge in [-0.3, -0.25) is 4.90 Å². The smallest absolute Gasteiger partial charge is 0.410 e. The molecule has 4 rings (SSSR count). The molecule has 1 unspecified atom stereocenters. The molecule has 1 aliphatic heterocycles. The number of likely N-dealkylation sites (tertiary alicyclic amines) is 1. The molecule has 0 spiro atoms. The van der Waals surface area contributed by atoms with Crippen molar-refractivity contribution in [2.24, 2.45) is 5.11 Å². The SMILES string of the molecule is [N-]=[N+]=NC1C[C@@H](C(=O)O)N(C(=O)OCC2c3ccccc3-c3ccccc32)C1. The van der Waals surface area contributed by atoms with Crippen LogP contribution in [0, 0.1) is 0 Å². The van der Waals surface area contributed by atoms with Gasteiger partial charge in [0.2, 0.25) is 0 Å². The quantitative estimate of drug-likeness (QED) is 0.495. The van der Waals surface area contributed by atoms with Crippen LogP contribution in [0.3, 0.4) is 0 Å². The summed E-state index contributed by atoms with van der Waals surface area (Å²) in [5, 5.41) is 12.9. The van der Waals surface area contributed by atoms with E-state index in [1.807, 2.05) is 48.5 Å². The standard InChI is InChI=1S/C20H18N4O4/c21-23-22-12-9-18(19(25)26)24(10-12)20(27)28-11-17-15-7-3-1-5-13(15)14-6-2-4-8-16(14)17/h1-8,12,17-18H,9-11H2,(H,25,26)/t12?,18-/m0/s1. The number of fused-ring (bicyclic) bond motifs is 3. The van der Waals surface area contributed by atoms with Crippen molar-refractivity contribution in [3.05, 3.63) is 70.1 Å². The second-order valence-corrected chi connectivity index (χ2v) is 6.90. The van der Waals surface area contributed by atoms with Gasteiger partial charge >= 0.3 is 12.1 Å². The average Bonchev–Trinajstić information content (AvgIpc) is 3.26. The van der Waals surface area contributed by atoms with E-state index in [4.69, 9.17) is 10.3 Å². The number of ether oxygens (including phenoxy) is 1. The molecule has 1 amide bonds. The largest absolute Gasteiger partial charge is 0.480 e. The van der Waals surface area contributed by atoms with Crippen molar-refractivity contribution in [3.8, 4) is 11.1 Å². The molecule has 1 N–H and O–H groups in total. The summed E-state index contributed by atoms with van der Waals surface area (Å²) < 4.78 is 5.52. The van der Waals surface area contributed by atoms with Crippen molar-refractivity contribution >= 4 is 12.1 Å². The molecule has 28 heavy (non-hydrogen) atoms. The summed E-state index contributed by atoms with van der Waals surface area (Å²) >= 11 is 0. The highest BCUT2D eigenvalue weighted by Gasteiger charge is 2.40. The minimum absolute atomic E-state index is 0.0394. The average molecular weight is 378 g/mol. The minimum Gasteiger partial charge on any atom is -0.480 e. The summed E-state index contributed by atoms with van der Waals surface area (Å²) in [5.74, 6) is -1.24. The van der Waals surface area contributed by atoms with Gasteiger partial charge in [-0.2, -0.15) is 0 Å². The fourth-order valence-electron chi connectivity index (χ4n) is 4.08. The van der Waals surface area contributed by atoms with Gasteiger partial charge < -0.3 is 9.84 Å². The zero-order valence-electron chi connectivity index (χ0n) is 14.9. The lowest BCUT2D eigenvalue weighted by Gasteiger charge is -2.22. The predicted molar refractivity (Wildman–Crippen MR) is 101 cm³/mol. The van der Waals surface area contributed by atoms with Crippen LogP contribution in [-0.2, 0) is 9.53 Å². The molecule has 0 radical (unpaired) electrons. The number of aliphatic carboxylic acids is 1. The molecule has 2 aliphatic rings. The Bertz CT molecular complexity index is 940. The maximum atomic E-state index is 12.6. The van der Waals surface area contributed by atoms with Crippen LogP contribution in [0.4, 0.5) is 4.79 Å². The molecule has 8 nitrogen and oxygen atoms in total. The number of carboxylic acid groups (broad SMARTS) is 1. The van der Waals surface area contributed by atoms with Crippen LogP contribution in [0.25, 0.3) is 21.6 Å². The number of carbonyl (C=O) groups is 2. The number of carboxylic acids is 1. The molecule has 2 aromatic carbocycles. The third kappa shape index (κ3) is 3.04. The molecule has 1 saturated heterocycles. The number of rotatable bonds is 4. The molecule has 0 saturated carbocycles. The van der Waals surface area contributed by atoms with E-state index >= 15 is 0 Å². The first kappa shape index (κ1) is 17.9. The van der Waals surface area contributed by atoms with Gasteiger partial charge in [0.25, 0.3) is 0 Å². The number of amides is 1. The van der Waals surface area contributed by atoms with Gasteiger partial charge in [0.1, 0.15) is 12.6 Å². The molecule has 8 heteroatoms. The van der Waals surface area contributed by atoms with E-state index in [9.17, 15) is 14.7 Å². The molecule has 142 valence electrons. The lowest BCUT2D eigenvalue weighted by Crippen LogP contribution is -2.41. The zero-order valence-corrected chi connectivity index (χ0v) is 14.9. The van der Waals surface area contributed by atoms with Gasteiger partial charge in [-0.15, -0.1) is 0 Å². The topological polar surface area (TPSA) is 116 Å². The summed E-state index contributed by atoms with van der Waals surface area (Å²) in [4.78, 5) is 27.9. The van der Waals surface area contributed by atoms with Crippen molar-refractivity contribution in [1.82, 2.24) is 4.90 Å². The highest BCUT2D eigenvalue weighted by Crippen LogP contribution is 2.44. The Hall–Kier alpha value is -3.51. The van der Waals surface area contributed by atoms with Crippen LogP contribution >= 0.6 is 0 Å². The Labute approximate surface area is 161 Å². The first-order valence-electron chi connectivity index (χ1n) is 8.98. The maximum Gasteiger partial charge on any atom is 0.410 e. The van der Waals surface area contributed by atoms with Crippen LogP contribution in [0.1, 0.15) is 23.5 Å². The Balaban J connectivity index is 1.52. The van der Waals surface area contributed by atoms with Gasteiger partial charge in [-0.25, -0.2) is 9.59 Å². The summed E-state index contributed by atoms with van der Waals surface area (Å²) in [6, 6.07) is 14.3. The van der Waals surface area contributed by atoms with Crippen molar-refractivity contribution < 1.29 is 19.4 Å². The van der Waals surface area contributed by atoms with Crippen LogP contribution < -0.4 is 0 Å². The lowest BCUT2D eigenvalue weighted by molar-refractivity contribution is -0.141. The Morgan fingerprint density at radius 1 is 1.14 bits per heavy atom. The van der Waals surface area contributed by atoms with Gasteiger partial charge in [0.05, 0.1) is 6.04 Å². The number of hydrogen-bond donors (Lipinski definition) is 1. The molecule has 0 aromatic heterocycles. The van der Waals surface area contributed by atoms with Crippen LogP contribution in [0.2, 0.25) is 0 Å². The minimum atomic E-state index is -1.14. The Kier molecular flexibility index (Phi) is 4.63. The summed E-state index contributed by atoms with van der Waals surface area (Å²) in [5.41, 5.74) is 13.0. The van der Waals surface area contributed by atoms with Gasteiger partial charge in [0, 0.05) is 17.4 Å². The highest BCUT2D eigenvalue weighted by atomic mass is 16.6. The molecule has 1 heterocycles. The summed E-state index contributed by atoms with van der Waals surface area (Å²) in [7, 11) is 0. The van der Waals surface area contributed by atoms with E-state index in [0.29, 0.717) is 0 Å². The number of nitrogens with zero attached hydrogens (tertiary/aromatic N) is 4. The van der Waals surface area contributed by atoms with Gasteiger partial charge in [-0.05, 0) is 34.2 Å². The zero-order chi connectivity index (χ0) is 19.7. The van der Waals surface area contributed by atoms with Crippen molar-refractivity contribution in [2.45, 2.75) is 24.4 Å². The molecule has 0 bridgehead atoms. The summed E-state index contributed by atoms with van der Waals surface area (Å²) in [6.07, 6.45) is -0.617. The first-order chi connectivity index (χ1) is 13.6. The monoisotopic (exact) mass is 378 g/mol. The molecular weight excluding hydrogens is 360 g/mol. The van der Waals surface area contributed by atoms with Gasteiger partial charge in [-0.1, -0.05) is 53.6 Å². The van der Waals surface area contributed by atoms with Crippen molar-refractivity contribution in [1.29, 1.82) is 0 Å². The number of benzene rings is 2. The fraction of sp³-hybridized carbons (Fsp3) is 0.300. The number of carbonyl (C=O) groups excluding carboxylic acids is 1. The Morgan fingerprint density at radius 3 is 2.32 bits per heavy atom. The lowest BCUT2D eigenvalue weighted by atomic mass is 9.98.